The smallest absolute Gasteiger partial charge is 0.314 e. The van der Waals surface area contributed by atoms with Gasteiger partial charge in [0.15, 0.2) is 0 Å². The highest BCUT2D eigenvalue weighted by molar-refractivity contribution is 7.89. The molecule has 4 amide bonds. The highest BCUT2D eigenvalue weighted by Gasteiger charge is 2.29. The van der Waals surface area contributed by atoms with E-state index in [2.05, 4.69) is 35.8 Å². The summed E-state index contributed by atoms with van der Waals surface area (Å²) in [4.78, 5) is 28.7. The van der Waals surface area contributed by atoms with Gasteiger partial charge in [-0.15, -0.1) is 0 Å². The molecule has 2 aromatic carbocycles. The molecule has 2 heterocycles. The molecule has 2 atom stereocenters. The molecule has 0 aromatic heterocycles. The lowest BCUT2D eigenvalue weighted by Crippen LogP contribution is -2.39. The predicted octanol–water partition coefficient (Wildman–Crippen LogP) is 3.92. The van der Waals surface area contributed by atoms with E-state index in [-0.39, 0.29) is 29.1 Å². The quantitative estimate of drug-likeness (QED) is 0.111. The summed E-state index contributed by atoms with van der Waals surface area (Å²) in [5.41, 5.74) is 2.01. The van der Waals surface area contributed by atoms with Crippen LogP contribution in [0.3, 0.4) is 0 Å². The second-order valence-electron chi connectivity index (χ2n) is 13.8. The van der Waals surface area contributed by atoms with E-state index in [1.807, 2.05) is 6.07 Å². The minimum atomic E-state index is -3.70. The van der Waals surface area contributed by atoms with Gasteiger partial charge in [-0.05, 0) is 112 Å². The number of nitrogens with one attached hydrogen (secondary N) is 5. The number of carbonyl (C=O) groups is 2. The number of ether oxygens (including phenoxy) is 3. The first-order chi connectivity index (χ1) is 26.2. The van der Waals surface area contributed by atoms with Gasteiger partial charge in [0.2, 0.25) is 10.0 Å². The molecule has 0 spiro atoms. The molecule has 0 unspecified atom stereocenters. The molecule has 5 N–H and O–H groups in total. The molecule has 300 valence electrons. The van der Waals surface area contributed by atoms with Crippen molar-refractivity contribution >= 4 is 45.3 Å². The summed E-state index contributed by atoms with van der Waals surface area (Å²) >= 11 is 12.6. The van der Waals surface area contributed by atoms with Crippen LogP contribution in [0.2, 0.25) is 10.0 Å². The number of unbranched alkanes of at least 4 members (excludes halogenated alkanes) is 1. The van der Waals surface area contributed by atoms with E-state index in [4.69, 9.17) is 37.4 Å². The fraction of sp³-hybridized carbons (Fsp3) is 0.622. The molecular weight excluding hydrogens is 757 g/mol. The zero-order chi connectivity index (χ0) is 38.2. The molecule has 0 bridgehead atoms. The van der Waals surface area contributed by atoms with Gasteiger partial charge in [0, 0.05) is 61.9 Å². The van der Waals surface area contributed by atoms with Gasteiger partial charge in [-0.3, -0.25) is 4.90 Å². The molecule has 1 aliphatic carbocycles. The van der Waals surface area contributed by atoms with Crippen molar-refractivity contribution in [2.45, 2.75) is 62.0 Å². The van der Waals surface area contributed by atoms with Crippen LogP contribution in [-0.4, -0.2) is 128 Å². The summed E-state index contributed by atoms with van der Waals surface area (Å²) in [6, 6.07) is 9.41. The Morgan fingerprint density at radius 3 is 2.02 bits per heavy atom. The van der Waals surface area contributed by atoms with Crippen LogP contribution in [0.5, 0.6) is 5.75 Å². The highest BCUT2D eigenvalue weighted by atomic mass is 35.5. The maximum absolute atomic E-state index is 13.1. The SMILES string of the molecule is O=C(NCCCCNC(=O)NCCOCCN1CC[C@H](NS(=O)(=O)c2ccc(O[C@@H]3CCc4c(Cl)cc(Cl)cc43)cc2)C1)NCCOCCN1CCCC1. The van der Waals surface area contributed by atoms with E-state index >= 15 is 0 Å². The molecule has 2 fully saturated rings. The number of hydrogen-bond donors (Lipinski definition) is 5. The molecule has 2 saturated heterocycles. The first kappa shape index (κ1) is 42.3. The van der Waals surface area contributed by atoms with Gasteiger partial charge >= 0.3 is 12.1 Å². The lowest BCUT2D eigenvalue weighted by Gasteiger charge is -2.18. The number of hydrogen-bond acceptors (Lipinski definition) is 9. The van der Waals surface area contributed by atoms with Gasteiger partial charge in [-0.1, -0.05) is 23.2 Å². The summed E-state index contributed by atoms with van der Waals surface area (Å²) in [6.07, 6.45) is 6.10. The van der Waals surface area contributed by atoms with Crippen LogP contribution in [0.15, 0.2) is 41.3 Å². The van der Waals surface area contributed by atoms with Crippen molar-refractivity contribution in [3.8, 4) is 5.75 Å². The fourth-order valence-corrected chi connectivity index (χ4v) is 8.72. The van der Waals surface area contributed by atoms with Crippen molar-refractivity contribution in [2.75, 3.05) is 91.9 Å². The molecule has 2 aliphatic heterocycles. The van der Waals surface area contributed by atoms with E-state index in [1.165, 1.54) is 12.8 Å². The van der Waals surface area contributed by atoms with E-state index in [0.29, 0.717) is 87.9 Å². The number of carbonyl (C=O) groups excluding carboxylic acids is 2. The van der Waals surface area contributed by atoms with Gasteiger partial charge in [0.25, 0.3) is 0 Å². The summed E-state index contributed by atoms with van der Waals surface area (Å²) < 4.78 is 46.5. The molecule has 14 nitrogen and oxygen atoms in total. The number of rotatable bonds is 22. The summed E-state index contributed by atoms with van der Waals surface area (Å²) in [7, 11) is -3.70. The van der Waals surface area contributed by atoms with E-state index in [0.717, 1.165) is 63.0 Å². The third-order valence-electron chi connectivity index (χ3n) is 9.75. The van der Waals surface area contributed by atoms with Crippen molar-refractivity contribution in [1.82, 2.24) is 35.8 Å². The number of halogens is 2. The Labute approximate surface area is 329 Å². The first-order valence-electron chi connectivity index (χ1n) is 19.1. The van der Waals surface area contributed by atoms with Crippen LogP contribution >= 0.6 is 23.2 Å². The molecular formula is C37H55Cl2N7O7S. The van der Waals surface area contributed by atoms with E-state index in [1.54, 1.807) is 30.3 Å². The maximum atomic E-state index is 13.1. The Morgan fingerprint density at radius 2 is 1.37 bits per heavy atom. The molecule has 3 aliphatic rings. The monoisotopic (exact) mass is 811 g/mol. The van der Waals surface area contributed by atoms with Gasteiger partial charge in [0.1, 0.15) is 11.9 Å². The normalized spacial score (nSPS) is 18.8. The number of nitrogens with zero attached hydrogens (tertiary/aromatic N) is 2. The van der Waals surface area contributed by atoms with Crippen molar-refractivity contribution in [3.05, 3.63) is 57.6 Å². The Bertz CT molecular complexity index is 1600. The minimum absolute atomic E-state index is 0.183. The topological polar surface area (TPSA) is 163 Å². The van der Waals surface area contributed by atoms with Crippen LogP contribution in [0.4, 0.5) is 9.59 Å². The van der Waals surface area contributed by atoms with Crippen molar-refractivity contribution < 1.29 is 32.2 Å². The zero-order valence-electron chi connectivity index (χ0n) is 30.9. The maximum Gasteiger partial charge on any atom is 0.314 e. The summed E-state index contributed by atoms with van der Waals surface area (Å²) in [6.45, 7) is 9.17. The second kappa shape index (κ2) is 22.0. The number of fused-ring (bicyclic) bond motifs is 1. The number of amides is 4. The molecule has 17 heteroatoms. The highest BCUT2D eigenvalue weighted by Crippen LogP contribution is 2.40. The minimum Gasteiger partial charge on any atom is -0.486 e. The van der Waals surface area contributed by atoms with Gasteiger partial charge < -0.3 is 40.4 Å². The summed E-state index contributed by atoms with van der Waals surface area (Å²) in [5, 5.41) is 12.4. The Balaban J connectivity index is 0.839. The third kappa shape index (κ3) is 14.0. The Kier molecular flexibility index (Phi) is 17.2. The summed E-state index contributed by atoms with van der Waals surface area (Å²) in [5.74, 6) is 0.577. The number of sulfonamides is 1. The Hall–Kier alpha value is -2.89. The molecule has 5 rings (SSSR count). The average Bonchev–Trinajstić information content (AvgIpc) is 3.92. The molecule has 0 saturated carbocycles. The largest absolute Gasteiger partial charge is 0.486 e. The lowest BCUT2D eigenvalue weighted by atomic mass is 10.1. The van der Waals surface area contributed by atoms with Gasteiger partial charge in [-0.25, -0.2) is 22.7 Å². The first-order valence-corrected chi connectivity index (χ1v) is 21.3. The lowest BCUT2D eigenvalue weighted by molar-refractivity contribution is 0.113. The standard InChI is InChI=1S/C37H55Cl2N7O7S/c38-28-25-33-32(34(39)26-28)9-10-35(33)53-30-5-7-31(8-6-30)54(49,50)44-29-11-18-46(27-29)20-24-52-22-15-43-37(48)41-13-2-1-12-40-36(47)42-14-21-51-23-19-45-16-3-4-17-45/h5-8,25-26,29,35,44H,1-4,9-24,27H2,(H2,40,42,47)(H2,41,43,48)/t29-,35+/m0/s1. The van der Waals surface area contributed by atoms with E-state index in [9.17, 15) is 18.0 Å². The molecule has 2 aromatic rings. The number of likely N-dealkylation sites (tertiary alicyclic amines) is 2. The molecule has 0 radical (unpaired) electrons. The van der Waals surface area contributed by atoms with Gasteiger partial charge in [0.05, 0.1) is 31.3 Å². The zero-order valence-corrected chi connectivity index (χ0v) is 33.2. The van der Waals surface area contributed by atoms with Crippen molar-refractivity contribution in [2.24, 2.45) is 0 Å². The molecule has 54 heavy (non-hydrogen) atoms. The van der Waals surface area contributed by atoms with Crippen molar-refractivity contribution in [1.29, 1.82) is 0 Å². The Morgan fingerprint density at radius 1 is 0.759 bits per heavy atom. The van der Waals surface area contributed by atoms with Crippen molar-refractivity contribution in [3.63, 3.8) is 0 Å². The second-order valence-corrected chi connectivity index (χ2v) is 16.4. The van der Waals surface area contributed by atoms with Gasteiger partial charge in [-0.2, -0.15) is 0 Å². The third-order valence-corrected chi connectivity index (χ3v) is 11.8. The fourth-order valence-electron chi connectivity index (χ4n) is 6.86. The van der Waals surface area contributed by atoms with Crippen LogP contribution in [0.25, 0.3) is 0 Å². The van der Waals surface area contributed by atoms with Crippen LogP contribution in [-0.2, 0) is 25.9 Å². The average molecular weight is 813 g/mol. The van der Waals surface area contributed by atoms with Crippen LogP contribution in [0.1, 0.15) is 55.8 Å². The van der Waals surface area contributed by atoms with E-state index < -0.39 is 10.0 Å². The number of benzene rings is 2. The van der Waals surface area contributed by atoms with Crippen LogP contribution < -0.4 is 30.7 Å². The number of urea groups is 2. The van der Waals surface area contributed by atoms with Crippen LogP contribution in [0, 0.1) is 0 Å². The predicted molar refractivity (Wildman–Crippen MR) is 209 cm³/mol.